The zero-order valence-corrected chi connectivity index (χ0v) is 13.9. The predicted octanol–water partition coefficient (Wildman–Crippen LogP) is 2.39. The Balaban J connectivity index is 1.85. The summed E-state index contributed by atoms with van der Waals surface area (Å²) in [4.78, 5) is 11.4. The first-order valence-corrected chi connectivity index (χ1v) is 8.54. The summed E-state index contributed by atoms with van der Waals surface area (Å²) >= 11 is 5.95. The van der Waals surface area contributed by atoms with Crippen LogP contribution in [0.1, 0.15) is 10.4 Å². The molecule has 0 aliphatic heterocycles. The second-order valence-corrected chi connectivity index (χ2v) is 6.51. The summed E-state index contributed by atoms with van der Waals surface area (Å²) in [5.41, 5.74) is 6.28. The predicted molar refractivity (Wildman–Crippen MR) is 88.4 cm³/mol. The first-order valence-electron chi connectivity index (χ1n) is 6.78. The molecule has 2 aromatic carbocycles. The van der Waals surface area contributed by atoms with E-state index in [1.807, 2.05) is 0 Å². The topological polar surface area (TPSA) is 98.5 Å². The number of amides is 1. The number of halogens is 2. The highest BCUT2D eigenvalue weighted by molar-refractivity contribution is 7.86. The van der Waals surface area contributed by atoms with Crippen LogP contribution in [0.25, 0.3) is 0 Å². The van der Waals surface area contributed by atoms with Gasteiger partial charge in [-0.15, -0.1) is 3.89 Å². The molecule has 24 heavy (non-hydrogen) atoms. The summed E-state index contributed by atoms with van der Waals surface area (Å²) in [6.45, 7) is 0.370. The van der Waals surface area contributed by atoms with E-state index in [1.54, 1.807) is 18.2 Å². The molecule has 0 saturated heterocycles. The Labute approximate surface area is 143 Å². The Morgan fingerprint density at radius 2 is 1.88 bits per heavy atom. The lowest BCUT2D eigenvalue weighted by Gasteiger charge is -2.09. The van der Waals surface area contributed by atoms with Gasteiger partial charge in [0.15, 0.2) is 0 Å². The quantitative estimate of drug-likeness (QED) is 0.461. The maximum atomic E-state index is 12.8. The Morgan fingerprint density at radius 3 is 2.46 bits per heavy atom. The minimum Gasteiger partial charge on any atom is -0.490 e. The average molecular weight is 373 g/mol. The number of hydrogen-bond donors (Lipinski definition) is 2. The van der Waals surface area contributed by atoms with E-state index in [-0.39, 0.29) is 18.7 Å². The van der Waals surface area contributed by atoms with E-state index in [2.05, 4.69) is 5.32 Å². The first kappa shape index (κ1) is 18.0. The number of ether oxygens (including phenoxy) is 1. The van der Waals surface area contributed by atoms with Crippen molar-refractivity contribution in [2.24, 2.45) is 0 Å². The van der Waals surface area contributed by atoms with Crippen molar-refractivity contribution in [3.8, 4) is 5.75 Å². The normalized spacial score (nSPS) is 11.1. The fourth-order valence-electron chi connectivity index (χ4n) is 1.83. The smallest absolute Gasteiger partial charge is 0.332 e. The summed E-state index contributed by atoms with van der Waals surface area (Å²) < 4.78 is 39.6. The standard InChI is InChI=1S/C15H14ClFN2O4S/c16-13-9-11(18)3-6-14(13)23-8-7-19-15(20)10-1-4-12(5-2-10)24(17,21)22/h1-6,9H,7-8,18H2,(H,19,20). The van der Waals surface area contributed by atoms with Crippen LogP contribution < -0.4 is 15.8 Å². The van der Waals surface area contributed by atoms with E-state index in [0.29, 0.717) is 16.5 Å². The van der Waals surface area contributed by atoms with Crippen molar-refractivity contribution in [1.82, 2.24) is 5.32 Å². The van der Waals surface area contributed by atoms with E-state index in [0.717, 1.165) is 12.1 Å². The van der Waals surface area contributed by atoms with Crippen LogP contribution in [-0.4, -0.2) is 27.5 Å². The number of rotatable bonds is 6. The summed E-state index contributed by atoms with van der Waals surface area (Å²) in [5, 5.41) is 2.95. The maximum Gasteiger partial charge on any atom is 0.332 e. The Hall–Kier alpha value is -2.32. The third kappa shape index (κ3) is 4.84. The molecule has 6 nitrogen and oxygen atoms in total. The minimum atomic E-state index is -4.78. The van der Waals surface area contributed by atoms with E-state index >= 15 is 0 Å². The van der Waals surface area contributed by atoms with Gasteiger partial charge >= 0.3 is 10.2 Å². The summed E-state index contributed by atoms with van der Waals surface area (Å²) in [5.74, 6) is 0.00225. The number of anilines is 1. The Kier molecular flexibility index (Phi) is 5.63. The Bertz CT molecular complexity index is 841. The molecule has 0 heterocycles. The molecule has 0 radical (unpaired) electrons. The van der Waals surface area contributed by atoms with Gasteiger partial charge in [0, 0.05) is 11.3 Å². The van der Waals surface area contributed by atoms with Crippen molar-refractivity contribution < 1.29 is 21.8 Å². The number of nitrogens with two attached hydrogens (primary N) is 1. The van der Waals surface area contributed by atoms with E-state index in [1.165, 1.54) is 12.1 Å². The monoisotopic (exact) mass is 372 g/mol. The van der Waals surface area contributed by atoms with E-state index < -0.39 is 21.0 Å². The van der Waals surface area contributed by atoms with Gasteiger partial charge in [0.2, 0.25) is 0 Å². The first-order chi connectivity index (χ1) is 11.3. The van der Waals surface area contributed by atoms with Gasteiger partial charge in [0.1, 0.15) is 12.4 Å². The van der Waals surface area contributed by atoms with E-state index in [9.17, 15) is 17.1 Å². The van der Waals surface area contributed by atoms with Gasteiger partial charge in [-0.3, -0.25) is 4.79 Å². The minimum absolute atomic E-state index is 0.173. The molecule has 0 atom stereocenters. The lowest BCUT2D eigenvalue weighted by Crippen LogP contribution is -2.28. The average Bonchev–Trinajstić information content (AvgIpc) is 2.52. The highest BCUT2D eigenvalue weighted by atomic mass is 35.5. The molecule has 0 aliphatic carbocycles. The molecule has 0 unspecified atom stereocenters. The van der Waals surface area contributed by atoms with Crippen LogP contribution in [0.5, 0.6) is 5.75 Å². The molecule has 128 valence electrons. The summed E-state index contributed by atoms with van der Waals surface area (Å²) in [7, 11) is -4.78. The van der Waals surface area contributed by atoms with Crippen LogP contribution in [0.2, 0.25) is 5.02 Å². The summed E-state index contributed by atoms with van der Waals surface area (Å²) in [6, 6.07) is 9.30. The van der Waals surface area contributed by atoms with Crippen molar-refractivity contribution in [2.45, 2.75) is 4.90 Å². The van der Waals surface area contributed by atoms with Crippen LogP contribution in [0.4, 0.5) is 9.57 Å². The number of benzene rings is 2. The van der Waals surface area contributed by atoms with Gasteiger partial charge in [-0.1, -0.05) is 11.6 Å². The van der Waals surface area contributed by atoms with Crippen molar-refractivity contribution in [1.29, 1.82) is 0 Å². The van der Waals surface area contributed by atoms with Gasteiger partial charge in [0.25, 0.3) is 5.91 Å². The molecule has 0 fully saturated rings. The number of carbonyl (C=O) groups excluding carboxylic acids is 1. The zero-order valence-electron chi connectivity index (χ0n) is 12.3. The van der Waals surface area contributed by atoms with Gasteiger partial charge in [-0.2, -0.15) is 8.42 Å². The molecule has 0 aromatic heterocycles. The third-order valence-corrected chi connectivity index (χ3v) is 4.13. The van der Waals surface area contributed by atoms with Crippen LogP contribution in [0.3, 0.4) is 0 Å². The number of carbonyl (C=O) groups is 1. The van der Waals surface area contributed by atoms with Crippen LogP contribution in [0.15, 0.2) is 47.4 Å². The molecule has 2 aromatic rings. The molecule has 2 rings (SSSR count). The molecule has 9 heteroatoms. The highest BCUT2D eigenvalue weighted by Gasteiger charge is 2.13. The van der Waals surface area contributed by atoms with Gasteiger partial charge < -0.3 is 15.8 Å². The fraction of sp³-hybridized carbons (Fsp3) is 0.133. The highest BCUT2D eigenvalue weighted by Crippen LogP contribution is 2.26. The number of hydrogen-bond acceptors (Lipinski definition) is 5. The zero-order chi connectivity index (χ0) is 17.7. The fourth-order valence-corrected chi connectivity index (χ4v) is 2.54. The summed E-state index contributed by atoms with van der Waals surface area (Å²) in [6.07, 6.45) is 0. The molecule has 1 amide bonds. The molecule has 0 aliphatic rings. The third-order valence-electron chi connectivity index (χ3n) is 3.00. The van der Waals surface area contributed by atoms with Crippen LogP contribution in [-0.2, 0) is 10.2 Å². The van der Waals surface area contributed by atoms with Gasteiger partial charge in [-0.25, -0.2) is 0 Å². The molecular weight excluding hydrogens is 359 g/mol. The van der Waals surface area contributed by atoms with Crippen molar-refractivity contribution in [3.63, 3.8) is 0 Å². The van der Waals surface area contributed by atoms with Crippen molar-refractivity contribution >= 4 is 33.4 Å². The molecule has 0 spiro atoms. The van der Waals surface area contributed by atoms with E-state index in [4.69, 9.17) is 22.1 Å². The largest absolute Gasteiger partial charge is 0.490 e. The second-order valence-electron chi connectivity index (χ2n) is 4.76. The molecule has 3 N–H and O–H groups in total. The van der Waals surface area contributed by atoms with Gasteiger partial charge in [-0.05, 0) is 42.5 Å². The molecule has 0 saturated carbocycles. The van der Waals surface area contributed by atoms with Crippen molar-refractivity contribution in [2.75, 3.05) is 18.9 Å². The van der Waals surface area contributed by atoms with Crippen LogP contribution in [0, 0.1) is 0 Å². The number of nitrogen functional groups attached to an aromatic ring is 1. The van der Waals surface area contributed by atoms with Crippen molar-refractivity contribution in [3.05, 3.63) is 53.1 Å². The maximum absolute atomic E-state index is 12.8. The lowest BCUT2D eigenvalue weighted by atomic mass is 10.2. The second kappa shape index (κ2) is 7.50. The molecule has 0 bridgehead atoms. The lowest BCUT2D eigenvalue weighted by molar-refractivity contribution is 0.0947. The molecular formula is C15H14ClFN2O4S. The van der Waals surface area contributed by atoms with Crippen LogP contribution >= 0.6 is 11.6 Å². The Morgan fingerprint density at radius 1 is 1.21 bits per heavy atom. The number of nitrogens with one attached hydrogen (secondary N) is 1. The SMILES string of the molecule is Nc1ccc(OCCNC(=O)c2ccc(S(=O)(=O)F)cc2)c(Cl)c1. The van der Waals surface area contributed by atoms with Gasteiger partial charge in [0.05, 0.1) is 16.5 Å².